The van der Waals surface area contributed by atoms with Crippen molar-refractivity contribution >= 4 is 68.7 Å². The fourth-order valence-corrected chi connectivity index (χ4v) is 5.12. The molecule has 2 aromatic rings. The van der Waals surface area contributed by atoms with Crippen LogP contribution < -0.4 is 16.4 Å². The third kappa shape index (κ3) is 4.60. The van der Waals surface area contributed by atoms with Crippen LogP contribution in [0.2, 0.25) is 10.0 Å². The molecule has 2 amide bonds. The number of rotatable bonds is 3. The van der Waals surface area contributed by atoms with Gasteiger partial charge in [0.1, 0.15) is 5.00 Å². The van der Waals surface area contributed by atoms with Gasteiger partial charge in [-0.3, -0.25) is 14.9 Å². The molecular formula is C18H17Cl2N3O2S2. The Morgan fingerprint density at radius 1 is 1.15 bits per heavy atom. The highest BCUT2D eigenvalue weighted by Crippen LogP contribution is 2.37. The average Bonchev–Trinajstić information content (AvgIpc) is 2.76. The molecule has 1 heterocycles. The predicted molar refractivity (Wildman–Crippen MR) is 114 cm³/mol. The number of fused-ring (bicyclic) bond motifs is 1. The van der Waals surface area contributed by atoms with Crippen LogP contribution in [0.15, 0.2) is 18.2 Å². The first-order chi connectivity index (χ1) is 12.9. The first-order valence-electron chi connectivity index (χ1n) is 8.38. The second-order valence-corrected chi connectivity index (χ2v) is 8.52. The molecular weight excluding hydrogens is 425 g/mol. The Morgan fingerprint density at radius 2 is 1.89 bits per heavy atom. The van der Waals surface area contributed by atoms with Crippen molar-refractivity contribution in [1.29, 1.82) is 0 Å². The molecule has 3 rings (SSSR count). The number of nitrogens with one attached hydrogen (secondary N) is 2. The minimum atomic E-state index is -0.494. The molecule has 0 spiro atoms. The van der Waals surface area contributed by atoms with E-state index in [9.17, 15) is 9.59 Å². The Hall–Kier alpha value is -1.67. The molecule has 9 heteroatoms. The summed E-state index contributed by atoms with van der Waals surface area (Å²) in [5.41, 5.74) is 7.33. The van der Waals surface area contributed by atoms with Gasteiger partial charge in [-0.25, -0.2) is 0 Å². The number of hydrogen-bond acceptors (Lipinski definition) is 4. The second-order valence-electron chi connectivity index (χ2n) is 6.17. The van der Waals surface area contributed by atoms with Crippen LogP contribution in [0.1, 0.15) is 50.4 Å². The topological polar surface area (TPSA) is 84.2 Å². The number of primary amides is 1. The zero-order valence-electron chi connectivity index (χ0n) is 14.2. The highest BCUT2D eigenvalue weighted by molar-refractivity contribution is 7.80. The summed E-state index contributed by atoms with van der Waals surface area (Å²) in [5.74, 6) is -0.959. The number of hydrogen-bond donors (Lipinski definition) is 3. The van der Waals surface area contributed by atoms with Crippen molar-refractivity contribution in [3.8, 4) is 0 Å². The lowest BCUT2D eigenvalue weighted by atomic mass is 10.1. The fraction of sp³-hybridized carbons (Fsp3) is 0.278. The number of anilines is 1. The maximum atomic E-state index is 12.4. The standard InChI is InChI=1S/C18H17Cl2N3O2S2/c19-9-6-7-10(12(20)8-9)16(25)22-18(26)23-17-14(15(21)24)11-4-2-1-3-5-13(11)27-17/h6-8H,1-5H2,(H2,21,24)(H2,22,23,25,26). The summed E-state index contributed by atoms with van der Waals surface area (Å²) < 4.78 is 0. The van der Waals surface area contributed by atoms with Gasteiger partial charge in [-0.05, 0) is 61.7 Å². The Balaban J connectivity index is 1.78. The molecule has 1 aromatic carbocycles. The number of thiocarbonyl (C=S) groups is 1. The van der Waals surface area contributed by atoms with Crippen LogP contribution in [0.3, 0.4) is 0 Å². The smallest absolute Gasteiger partial charge is 0.258 e. The van der Waals surface area contributed by atoms with E-state index in [4.69, 9.17) is 41.2 Å². The van der Waals surface area contributed by atoms with E-state index in [2.05, 4.69) is 10.6 Å². The van der Waals surface area contributed by atoms with Gasteiger partial charge < -0.3 is 11.1 Å². The SMILES string of the molecule is NC(=O)c1c(NC(=S)NC(=O)c2ccc(Cl)cc2Cl)sc2c1CCCCC2. The van der Waals surface area contributed by atoms with Gasteiger partial charge in [0.15, 0.2) is 5.11 Å². The minimum absolute atomic E-state index is 0.0740. The molecule has 27 heavy (non-hydrogen) atoms. The highest BCUT2D eigenvalue weighted by Gasteiger charge is 2.24. The van der Waals surface area contributed by atoms with E-state index in [-0.39, 0.29) is 15.7 Å². The zero-order valence-corrected chi connectivity index (χ0v) is 17.4. The monoisotopic (exact) mass is 441 g/mol. The molecule has 0 bridgehead atoms. The van der Waals surface area contributed by atoms with E-state index < -0.39 is 11.8 Å². The maximum Gasteiger partial charge on any atom is 0.258 e. The number of carbonyl (C=O) groups excluding carboxylic acids is 2. The van der Waals surface area contributed by atoms with E-state index in [0.717, 1.165) is 42.5 Å². The summed E-state index contributed by atoms with van der Waals surface area (Å²) in [6.07, 6.45) is 4.99. The van der Waals surface area contributed by atoms with E-state index in [1.807, 2.05) is 0 Å². The number of halogens is 2. The maximum absolute atomic E-state index is 12.4. The van der Waals surface area contributed by atoms with E-state index in [1.54, 1.807) is 6.07 Å². The summed E-state index contributed by atoms with van der Waals surface area (Å²) in [5, 5.41) is 6.83. The van der Waals surface area contributed by atoms with Gasteiger partial charge >= 0.3 is 0 Å². The largest absolute Gasteiger partial charge is 0.365 e. The van der Waals surface area contributed by atoms with Gasteiger partial charge in [-0.15, -0.1) is 11.3 Å². The third-order valence-corrected chi connectivity index (χ3v) is 6.26. The fourth-order valence-electron chi connectivity index (χ4n) is 3.07. The molecule has 0 radical (unpaired) electrons. The van der Waals surface area contributed by atoms with Gasteiger partial charge in [-0.2, -0.15) is 0 Å². The Morgan fingerprint density at radius 3 is 2.59 bits per heavy atom. The second kappa shape index (κ2) is 8.56. The minimum Gasteiger partial charge on any atom is -0.365 e. The molecule has 0 atom stereocenters. The average molecular weight is 442 g/mol. The number of nitrogens with two attached hydrogens (primary N) is 1. The summed E-state index contributed by atoms with van der Waals surface area (Å²) in [6.45, 7) is 0. The summed E-state index contributed by atoms with van der Waals surface area (Å²) in [6, 6.07) is 4.57. The first-order valence-corrected chi connectivity index (χ1v) is 10.4. The van der Waals surface area contributed by atoms with E-state index in [0.29, 0.717) is 15.6 Å². The molecule has 0 aliphatic heterocycles. The lowest BCUT2D eigenvalue weighted by Crippen LogP contribution is -2.34. The quantitative estimate of drug-likeness (QED) is 0.481. The molecule has 5 nitrogen and oxygen atoms in total. The van der Waals surface area contributed by atoms with Crippen LogP contribution in [0.5, 0.6) is 0 Å². The number of benzene rings is 1. The van der Waals surface area contributed by atoms with Crippen LogP contribution in [0.25, 0.3) is 0 Å². The zero-order chi connectivity index (χ0) is 19.6. The number of aryl methyl sites for hydroxylation is 1. The molecule has 4 N–H and O–H groups in total. The molecule has 1 aromatic heterocycles. The molecule has 0 saturated carbocycles. The lowest BCUT2D eigenvalue weighted by Gasteiger charge is -2.10. The summed E-state index contributed by atoms with van der Waals surface area (Å²) in [4.78, 5) is 25.5. The molecule has 0 unspecified atom stereocenters. The van der Waals surface area contributed by atoms with Crippen molar-refractivity contribution in [1.82, 2.24) is 5.32 Å². The van der Waals surface area contributed by atoms with Crippen molar-refractivity contribution < 1.29 is 9.59 Å². The summed E-state index contributed by atoms with van der Waals surface area (Å²) >= 11 is 18.6. The van der Waals surface area contributed by atoms with Crippen LogP contribution in [-0.2, 0) is 12.8 Å². The lowest BCUT2D eigenvalue weighted by molar-refractivity contribution is 0.0975. The van der Waals surface area contributed by atoms with Crippen molar-refractivity contribution in [2.24, 2.45) is 5.73 Å². The summed E-state index contributed by atoms with van der Waals surface area (Å²) in [7, 11) is 0. The van der Waals surface area contributed by atoms with Gasteiger partial charge in [0, 0.05) is 9.90 Å². The van der Waals surface area contributed by atoms with Crippen molar-refractivity contribution in [3.05, 3.63) is 49.8 Å². The van der Waals surface area contributed by atoms with Crippen molar-refractivity contribution in [2.45, 2.75) is 32.1 Å². The van der Waals surface area contributed by atoms with Crippen molar-refractivity contribution in [2.75, 3.05) is 5.32 Å². The van der Waals surface area contributed by atoms with Gasteiger partial charge in [0.2, 0.25) is 0 Å². The highest BCUT2D eigenvalue weighted by atomic mass is 35.5. The Labute approximate surface area is 176 Å². The van der Waals surface area contributed by atoms with E-state index in [1.165, 1.54) is 23.5 Å². The third-order valence-electron chi connectivity index (χ3n) is 4.30. The molecule has 1 aliphatic carbocycles. The normalized spacial score (nSPS) is 13.4. The van der Waals surface area contributed by atoms with Crippen LogP contribution in [0.4, 0.5) is 5.00 Å². The van der Waals surface area contributed by atoms with Crippen LogP contribution in [0, 0.1) is 0 Å². The number of amides is 2. The molecule has 142 valence electrons. The van der Waals surface area contributed by atoms with Crippen molar-refractivity contribution in [3.63, 3.8) is 0 Å². The van der Waals surface area contributed by atoms with Gasteiger partial charge in [0.25, 0.3) is 11.8 Å². The molecule has 0 fully saturated rings. The molecule has 1 aliphatic rings. The Kier molecular flexibility index (Phi) is 6.37. The Bertz CT molecular complexity index is 928. The van der Waals surface area contributed by atoms with E-state index >= 15 is 0 Å². The number of thiophene rings is 1. The van der Waals surface area contributed by atoms with Gasteiger partial charge in [-0.1, -0.05) is 29.6 Å². The predicted octanol–water partition coefficient (Wildman–Crippen LogP) is 4.55. The number of carbonyl (C=O) groups is 2. The van der Waals surface area contributed by atoms with Crippen LogP contribution in [-0.4, -0.2) is 16.9 Å². The van der Waals surface area contributed by atoms with Gasteiger partial charge in [0.05, 0.1) is 16.1 Å². The van der Waals surface area contributed by atoms with Crippen LogP contribution >= 0.6 is 46.8 Å². The first kappa shape index (κ1) is 20.1. The molecule has 0 saturated heterocycles.